The van der Waals surface area contributed by atoms with Crippen molar-refractivity contribution in [3.05, 3.63) is 54.1 Å². The number of carbonyl (C=O) groups excluding carboxylic acids is 1. The highest BCUT2D eigenvalue weighted by Crippen LogP contribution is 2.21. The number of hydrogen-bond donors (Lipinski definition) is 1. The van der Waals surface area contributed by atoms with E-state index in [1.807, 2.05) is 29.2 Å². The zero-order valence-electron chi connectivity index (χ0n) is 15.7. The van der Waals surface area contributed by atoms with Gasteiger partial charge in [-0.25, -0.2) is 4.79 Å². The summed E-state index contributed by atoms with van der Waals surface area (Å²) in [6, 6.07) is 16.1. The fraction of sp³-hybridized carbons (Fsp3) is 0.381. The molecule has 2 aromatic rings. The van der Waals surface area contributed by atoms with Crippen LogP contribution < -0.4 is 15.0 Å². The van der Waals surface area contributed by atoms with Gasteiger partial charge in [-0.1, -0.05) is 26.0 Å². The Kier molecular flexibility index (Phi) is 5.66. The first-order valence-corrected chi connectivity index (χ1v) is 9.11. The number of hydrogen-bond acceptors (Lipinski definition) is 3. The maximum absolute atomic E-state index is 12.5. The van der Waals surface area contributed by atoms with Crippen molar-refractivity contribution in [2.24, 2.45) is 0 Å². The second-order valence-corrected chi connectivity index (χ2v) is 6.88. The van der Waals surface area contributed by atoms with Crippen molar-refractivity contribution in [3.63, 3.8) is 0 Å². The van der Waals surface area contributed by atoms with Crippen LogP contribution >= 0.6 is 0 Å². The van der Waals surface area contributed by atoms with Crippen LogP contribution in [0, 0.1) is 0 Å². The fourth-order valence-electron chi connectivity index (χ4n) is 3.11. The van der Waals surface area contributed by atoms with Crippen LogP contribution in [0.5, 0.6) is 5.75 Å². The summed E-state index contributed by atoms with van der Waals surface area (Å²) in [5.41, 5.74) is 3.28. The Morgan fingerprint density at radius 2 is 1.58 bits per heavy atom. The van der Waals surface area contributed by atoms with Gasteiger partial charge in [0.05, 0.1) is 7.11 Å². The normalized spacial score (nSPS) is 14.5. The Hall–Kier alpha value is -2.69. The minimum absolute atomic E-state index is 0.0309. The van der Waals surface area contributed by atoms with Gasteiger partial charge in [0.25, 0.3) is 0 Å². The minimum atomic E-state index is -0.0309. The summed E-state index contributed by atoms with van der Waals surface area (Å²) in [7, 11) is 1.67. The SMILES string of the molecule is COc1ccc(N2CCN(C(=O)Nc3ccc(C(C)C)cc3)CC2)cc1. The molecule has 5 nitrogen and oxygen atoms in total. The van der Waals surface area contributed by atoms with Crippen molar-refractivity contribution < 1.29 is 9.53 Å². The number of nitrogens with zero attached hydrogens (tertiary/aromatic N) is 2. The van der Waals surface area contributed by atoms with E-state index in [0.717, 1.165) is 30.2 Å². The summed E-state index contributed by atoms with van der Waals surface area (Å²) >= 11 is 0. The Bertz CT molecular complexity index is 718. The molecule has 1 aliphatic heterocycles. The van der Waals surface area contributed by atoms with E-state index >= 15 is 0 Å². The molecule has 2 aromatic carbocycles. The molecular formula is C21H27N3O2. The van der Waals surface area contributed by atoms with Crippen LogP contribution in [0.2, 0.25) is 0 Å². The molecule has 0 aromatic heterocycles. The van der Waals surface area contributed by atoms with Gasteiger partial charge in [-0.05, 0) is 47.9 Å². The molecule has 1 N–H and O–H groups in total. The molecule has 5 heteroatoms. The lowest BCUT2D eigenvalue weighted by Gasteiger charge is -2.36. The molecule has 3 rings (SSSR count). The largest absolute Gasteiger partial charge is 0.497 e. The van der Waals surface area contributed by atoms with Crippen molar-refractivity contribution in [1.82, 2.24) is 4.90 Å². The monoisotopic (exact) mass is 353 g/mol. The molecular weight excluding hydrogens is 326 g/mol. The van der Waals surface area contributed by atoms with Gasteiger partial charge in [-0.3, -0.25) is 0 Å². The highest BCUT2D eigenvalue weighted by Gasteiger charge is 2.21. The van der Waals surface area contributed by atoms with Gasteiger partial charge >= 0.3 is 6.03 Å². The topological polar surface area (TPSA) is 44.8 Å². The number of amides is 2. The predicted molar refractivity (Wildman–Crippen MR) is 106 cm³/mol. The Morgan fingerprint density at radius 3 is 2.12 bits per heavy atom. The van der Waals surface area contributed by atoms with Gasteiger partial charge in [0.2, 0.25) is 0 Å². The molecule has 1 heterocycles. The summed E-state index contributed by atoms with van der Waals surface area (Å²) in [5.74, 6) is 1.35. The molecule has 0 bridgehead atoms. The van der Waals surface area contributed by atoms with E-state index in [1.54, 1.807) is 7.11 Å². The molecule has 1 fully saturated rings. The molecule has 0 atom stereocenters. The van der Waals surface area contributed by atoms with Crippen LogP contribution in [0.25, 0.3) is 0 Å². The maximum atomic E-state index is 12.5. The smallest absolute Gasteiger partial charge is 0.321 e. The van der Waals surface area contributed by atoms with E-state index in [1.165, 1.54) is 5.56 Å². The minimum Gasteiger partial charge on any atom is -0.497 e. The molecule has 0 radical (unpaired) electrons. The summed E-state index contributed by atoms with van der Waals surface area (Å²) in [5, 5.41) is 3.00. The predicted octanol–water partition coefficient (Wildman–Crippen LogP) is 4.17. The van der Waals surface area contributed by atoms with Crippen molar-refractivity contribution in [1.29, 1.82) is 0 Å². The van der Waals surface area contributed by atoms with Gasteiger partial charge in [0, 0.05) is 37.6 Å². The Labute approximate surface area is 155 Å². The van der Waals surface area contributed by atoms with Crippen molar-refractivity contribution in [2.45, 2.75) is 19.8 Å². The number of rotatable bonds is 4. The third kappa shape index (κ3) is 4.28. The molecule has 26 heavy (non-hydrogen) atoms. The molecule has 2 amide bonds. The second-order valence-electron chi connectivity index (χ2n) is 6.88. The van der Waals surface area contributed by atoms with Crippen molar-refractivity contribution in [2.75, 3.05) is 43.5 Å². The zero-order valence-corrected chi connectivity index (χ0v) is 15.7. The van der Waals surface area contributed by atoms with Gasteiger partial charge in [-0.2, -0.15) is 0 Å². The van der Waals surface area contributed by atoms with Gasteiger partial charge in [0.15, 0.2) is 0 Å². The average molecular weight is 353 g/mol. The van der Waals surface area contributed by atoms with Gasteiger partial charge in [-0.15, -0.1) is 0 Å². The Morgan fingerprint density at radius 1 is 0.962 bits per heavy atom. The number of benzene rings is 2. The number of methoxy groups -OCH3 is 1. The summed E-state index contributed by atoms with van der Waals surface area (Å²) in [4.78, 5) is 16.7. The van der Waals surface area contributed by atoms with Crippen molar-refractivity contribution in [3.8, 4) is 5.75 Å². The molecule has 0 spiro atoms. The van der Waals surface area contributed by atoms with Crippen LogP contribution in [0.3, 0.4) is 0 Å². The fourth-order valence-corrected chi connectivity index (χ4v) is 3.11. The number of urea groups is 1. The standard InChI is InChI=1S/C21H27N3O2/c1-16(2)17-4-6-18(7-5-17)22-21(25)24-14-12-23(13-15-24)19-8-10-20(26-3)11-9-19/h4-11,16H,12-15H2,1-3H3,(H,22,25). The first kappa shape index (κ1) is 18.1. The lowest BCUT2D eigenvalue weighted by atomic mass is 10.0. The third-order valence-corrected chi connectivity index (χ3v) is 4.83. The van der Waals surface area contributed by atoms with E-state index in [2.05, 4.69) is 48.3 Å². The number of ether oxygens (including phenoxy) is 1. The van der Waals surface area contributed by atoms with Crippen LogP contribution in [-0.4, -0.2) is 44.2 Å². The molecule has 0 unspecified atom stereocenters. The number of anilines is 2. The average Bonchev–Trinajstić information content (AvgIpc) is 2.68. The van der Waals surface area contributed by atoms with Crippen LogP contribution in [-0.2, 0) is 0 Å². The Balaban J connectivity index is 1.52. The van der Waals surface area contributed by atoms with Crippen molar-refractivity contribution >= 4 is 17.4 Å². The van der Waals surface area contributed by atoms with E-state index < -0.39 is 0 Å². The number of nitrogens with one attached hydrogen (secondary N) is 1. The summed E-state index contributed by atoms with van der Waals surface area (Å²) in [6.45, 7) is 7.40. The molecule has 1 aliphatic rings. The quantitative estimate of drug-likeness (QED) is 0.897. The molecule has 138 valence electrons. The molecule has 0 aliphatic carbocycles. The van der Waals surface area contributed by atoms with Gasteiger partial charge < -0.3 is 19.9 Å². The van der Waals surface area contributed by atoms with E-state index in [0.29, 0.717) is 19.0 Å². The summed E-state index contributed by atoms with van der Waals surface area (Å²) in [6.07, 6.45) is 0. The number of carbonyl (C=O) groups is 1. The van der Waals surface area contributed by atoms with E-state index in [9.17, 15) is 4.79 Å². The lowest BCUT2D eigenvalue weighted by molar-refractivity contribution is 0.208. The van der Waals surface area contributed by atoms with Crippen LogP contribution in [0.1, 0.15) is 25.3 Å². The maximum Gasteiger partial charge on any atom is 0.321 e. The van der Waals surface area contributed by atoms with Gasteiger partial charge in [0.1, 0.15) is 5.75 Å². The highest BCUT2D eigenvalue weighted by molar-refractivity contribution is 5.89. The second kappa shape index (κ2) is 8.13. The highest BCUT2D eigenvalue weighted by atomic mass is 16.5. The first-order valence-electron chi connectivity index (χ1n) is 9.11. The van der Waals surface area contributed by atoms with E-state index in [-0.39, 0.29) is 6.03 Å². The lowest BCUT2D eigenvalue weighted by Crippen LogP contribution is -2.50. The van der Waals surface area contributed by atoms with Crippen LogP contribution in [0.4, 0.5) is 16.2 Å². The molecule has 0 saturated carbocycles. The van der Waals surface area contributed by atoms with Crippen LogP contribution in [0.15, 0.2) is 48.5 Å². The first-order chi connectivity index (χ1) is 12.6. The number of piperazine rings is 1. The third-order valence-electron chi connectivity index (χ3n) is 4.83. The summed E-state index contributed by atoms with van der Waals surface area (Å²) < 4.78 is 5.20. The molecule has 1 saturated heterocycles. The van der Waals surface area contributed by atoms with E-state index in [4.69, 9.17) is 4.74 Å². The zero-order chi connectivity index (χ0) is 18.5.